The monoisotopic (exact) mass is 536 g/mol. The summed E-state index contributed by atoms with van der Waals surface area (Å²) in [5.74, 6) is -0.0963. The highest BCUT2D eigenvalue weighted by Gasteiger charge is 2.25. The largest absolute Gasteiger partial charge is 0.482 e. The number of anilines is 1. The van der Waals surface area contributed by atoms with Gasteiger partial charge < -0.3 is 25.8 Å². The molecule has 1 atom stereocenters. The van der Waals surface area contributed by atoms with Gasteiger partial charge in [0, 0.05) is 53.7 Å². The van der Waals surface area contributed by atoms with Crippen molar-refractivity contribution in [2.45, 2.75) is 31.9 Å². The molecule has 4 N–H and O–H groups in total. The number of halogens is 3. The highest BCUT2D eigenvalue weighted by Crippen LogP contribution is 2.37. The molecule has 1 amide bonds. The minimum Gasteiger partial charge on any atom is -0.482 e. The van der Waals surface area contributed by atoms with Gasteiger partial charge in [0.1, 0.15) is 18.5 Å². The molecule has 36 heavy (non-hydrogen) atoms. The van der Waals surface area contributed by atoms with E-state index in [1.165, 1.54) is 12.1 Å². The third kappa shape index (κ3) is 5.66. The van der Waals surface area contributed by atoms with Crippen molar-refractivity contribution in [1.29, 1.82) is 0 Å². The quantitative estimate of drug-likeness (QED) is 0.414. The van der Waals surface area contributed by atoms with Crippen LogP contribution in [0.3, 0.4) is 0 Å². The molecule has 4 rings (SSSR count). The Morgan fingerprint density at radius 1 is 1.25 bits per heavy atom. The highest BCUT2D eigenvalue weighted by atomic mass is 35.5. The molecule has 1 aliphatic rings. The first-order valence-electron chi connectivity index (χ1n) is 11.5. The maximum Gasteiger partial charge on any atom is 0.409 e. The maximum atomic E-state index is 14.0. The second-order valence-electron chi connectivity index (χ2n) is 8.45. The van der Waals surface area contributed by atoms with Gasteiger partial charge in [-0.15, -0.1) is 0 Å². The molecule has 192 valence electrons. The molecule has 0 spiro atoms. The number of piperidine rings is 1. The molecule has 1 aliphatic heterocycles. The topological polar surface area (TPSA) is 122 Å². The predicted octanol–water partition coefficient (Wildman–Crippen LogP) is 4.85. The van der Waals surface area contributed by atoms with E-state index in [2.05, 4.69) is 10.1 Å². The lowest BCUT2D eigenvalue weighted by Gasteiger charge is -2.31. The first-order chi connectivity index (χ1) is 17.3. The van der Waals surface area contributed by atoms with Crippen molar-refractivity contribution in [3.63, 3.8) is 0 Å². The molecular weight excluding hydrogens is 510 g/mol. The van der Waals surface area contributed by atoms with Crippen LogP contribution in [0, 0.1) is 5.82 Å². The van der Waals surface area contributed by atoms with Gasteiger partial charge >= 0.3 is 6.09 Å². The SMILES string of the molecule is C[C@H](Oc1cc(-c2cnn(C3CCN(C(=O)OCCN)CC3)c2)cnc1N)c1c(Cl)ccc(F)c1Cl. The number of benzene rings is 1. The van der Waals surface area contributed by atoms with E-state index in [1.54, 1.807) is 30.3 Å². The fourth-order valence-corrected chi connectivity index (χ4v) is 4.79. The van der Waals surface area contributed by atoms with Gasteiger partial charge in [-0.05, 0) is 38.0 Å². The van der Waals surface area contributed by atoms with Gasteiger partial charge in [0.25, 0.3) is 0 Å². The Hall–Kier alpha value is -3.08. The second-order valence-corrected chi connectivity index (χ2v) is 9.24. The number of ether oxygens (including phenoxy) is 2. The van der Waals surface area contributed by atoms with Crippen molar-refractivity contribution < 1.29 is 18.7 Å². The van der Waals surface area contributed by atoms with Crippen molar-refractivity contribution >= 4 is 35.1 Å². The van der Waals surface area contributed by atoms with Crippen LogP contribution in [0.25, 0.3) is 11.1 Å². The number of carbonyl (C=O) groups excluding carboxylic acids is 1. The van der Waals surface area contributed by atoms with Crippen LogP contribution in [0.5, 0.6) is 5.75 Å². The van der Waals surface area contributed by atoms with Gasteiger partial charge in [-0.25, -0.2) is 14.2 Å². The van der Waals surface area contributed by atoms with Crippen LogP contribution in [0.1, 0.15) is 37.5 Å². The van der Waals surface area contributed by atoms with Crippen LogP contribution in [-0.4, -0.2) is 52.0 Å². The number of amides is 1. The number of nitrogens with two attached hydrogens (primary N) is 2. The number of hydrogen-bond donors (Lipinski definition) is 2. The van der Waals surface area contributed by atoms with Crippen molar-refractivity contribution in [2.24, 2.45) is 5.73 Å². The average Bonchev–Trinajstić information content (AvgIpc) is 3.37. The second kappa shape index (κ2) is 11.3. The number of nitrogens with zero attached hydrogens (tertiary/aromatic N) is 4. The van der Waals surface area contributed by atoms with E-state index in [-0.39, 0.29) is 34.6 Å². The predicted molar refractivity (Wildman–Crippen MR) is 136 cm³/mol. The summed E-state index contributed by atoms with van der Waals surface area (Å²) in [6.45, 7) is 3.37. The van der Waals surface area contributed by atoms with Crippen LogP contribution < -0.4 is 16.2 Å². The molecule has 3 aromatic rings. The van der Waals surface area contributed by atoms with Crippen LogP contribution in [-0.2, 0) is 4.74 Å². The molecule has 1 fully saturated rings. The number of likely N-dealkylation sites (tertiary alicyclic amines) is 1. The summed E-state index contributed by atoms with van der Waals surface area (Å²) in [4.78, 5) is 18.0. The van der Waals surface area contributed by atoms with Crippen LogP contribution in [0.15, 0.2) is 36.8 Å². The summed E-state index contributed by atoms with van der Waals surface area (Å²) in [5, 5.41) is 4.71. The lowest BCUT2D eigenvalue weighted by molar-refractivity contribution is 0.0897. The summed E-state index contributed by atoms with van der Waals surface area (Å²) in [6, 6.07) is 4.52. The zero-order chi connectivity index (χ0) is 25.8. The third-order valence-corrected chi connectivity index (χ3v) is 6.76. The maximum absolute atomic E-state index is 14.0. The van der Waals surface area contributed by atoms with E-state index in [9.17, 15) is 9.18 Å². The van der Waals surface area contributed by atoms with Crippen molar-refractivity contribution in [3.05, 3.63) is 58.2 Å². The van der Waals surface area contributed by atoms with E-state index in [1.807, 2.05) is 10.9 Å². The Bertz CT molecular complexity index is 1230. The smallest absolute Gasteiger partial charge is 0.409 e. The first kappa shape index (κ1) is 26.0. The molecule has 0 saturated carbocycles. The summed E-state index contributed by atoms with van der Waals surface area (Å²) < 4.78 is 27.0. The third-order valence-electron chi connectivity index (χ3n) is 6.05. The zero-order valence-electron chi connectivity index (χ0n) is 19.7. The minimum atomic E-state index is -0.676. The van der Waals surface area contributed by atoms with Crippen molar-refractivity contribution in [1.82, 2.24) is 19.7 Å². The molecule has 3 heterocycles. The van der Waals surface area contributed by atoms with E-state index in [0.29, 0.717) is 30.9 Å². The number of rotatable bonds is 7. The number of hydrogen-bond acceptors (Lipinski definition) is 7. The van der Waals surface area contributed by atoms with E-state index < -0.39 is 11.9 Å². The Morgan fingerprint density at radius 3 is 2.72 bits per heavy atom. The highest BCUT2D eigenvalue weighted by molar-refractivity contribution is 6.36. The van der Waals surface area contributed by atoms with Gasteiger partial charge in [0.2, 0.25) is 0 Å². The molecule has 0 unspecified atom stereocenters. The summed E-state index contributed by atoms with van der Waals surface area (Å²) >= 11 is 12.4. The van der Waals surface area contributed by atoms with E-state index >= 15 is 0 Å². The van der Waals surface area contributed by atoms with Crippen molar-refractivity contribution in [3.8, 4) is 16.9 Å². The Morgan fingerprint density at radius 2 is 2.00 bits per heavy atom. The summed E-state index contributed by atoms with van der Waals surface area (Å²) in [7, 11) is 0. The Kier molecular flexibility index (Phi) is 8.17. The molecule has 0 aliphatic carbocycles. The molecular formula is C24H27Cl2FN6O3. The molecule has 1 saturated heterocycles. The normalized spacial score (nSPS) is 15.1. The Labute approximate surface area is 218 Å². The van der Waals surface area contributed by atoms with Gasteiger partial charge in [0.05, 0.1) is 17.3 Å². The summed E-state index contributed by atoms with van der Waals surface area (Å²) in [6.07, 6.45) is 5.78. The minimum absolute atomic E-state index is 0.0994. The molecule has 1 aromatic carbocycles. The Balaban J connectivity index is 1.46. The van der Waals surface area contributed by atoms with Crippen LogP contribution >= 0.6 is 23.2 Å². The van der Waals surface area contributed by atoms with E-state index in [0.717, 1.165) is 24.0 Å². The lowest BCUT2D eigenvalue weighted by Crippen LogP contribution is -2.40. The van der Waals surface area contributed by atoms with Crippen LogP contribution in [0.2, 0.25) is 10.0 Å². The number of pyridine rings is 1. The molecule has 9 nitrogen and oxygen atoms in total. The van der Waals surface area contributed by atoms with Gasteiger partial charge in [-0.3, -0.25) is 4.68 Å². The zero-order valence-corrected chi connectivity index (χ0v) is 21.2. The number of nitrogen functional groups attached to an aromatic ring is 1. The standard InChI is InChI=1S/C24H27Cl2FN6O3/c1-14(21-18(25)2-3-19(27)22(21)26)36-20-10-15(11-30-23(20)29)16-12-31-33(13-16)17-4-7-32(8-5-17)24(34)35-9-6-28/h2-3,10-14,17H,4-9,28H2,1H3,(H2,29,30)/t14-/m0/s1. The fraction of sp³-hybridized carbons (Fsp3) is 0.375. The average molecular weight is 537 g/mol. The fourth-order valence-electron chi connectivity index (χ4n) is 4.11. The molecule has 0 bridgehead atoms. The van der Waals surface area contributed by atoms with E-state index in [4.69, 9.17) is 44.1 Å². The summed E-state index contributed by atoms with van der Waals surface area (Å²) in [5.41, 5.74) is 13.3. The molecule has 2 aromatic heterocycles. The molecule has 12 heteroatoms. The van der Waals surface area contributed by atoms with Gasteiger partial charge in [-0.1, -0.05) is 23.2 Å². The molecule has 0 radical (unpaired) electrons. The first-order valence-corrected chi connectivity index (χ1v) is 12.3. The van der Waals surface area contributed by atoms with Gasteiger partial charge in [-0.2, -0.15) is 5.10 Å². The van der Waals surface area contributed by atoms with Crippen molar-refractivity contribution in [2.75, 3.05) is 32.0 Å². The lowest BCUT2D eigenvalue weighted by atomic mass is 10.1. The number of carbonyl (C=O) groups is 1. The van der Waals surface area contributed by atoms with Gasteiger partial charge in [0.15, 0.2) is 11.6 Å². The number of aromatic nitrogens is 3. The van der Waals surface area contributed by atoms with Crippen LogP contribution in [0.4, 0.5) is 15.0 Å².